The van der Waals surface area contributed by atoms with Crippen LogP contribution >= 0.6 is 31.9 Å². The zero-order chi connectivity index (χ0) is 10.7. The van der Waals surface area contributed by atoms with Crippen molar-refractivity contribution in [2.75, 3.05) is 5.33 Å². The maximum atomic E-state index is 4.32. The molecule has 0 aliphatic heterocycles. The Hall–Kier alpha value is -0.610. The highest BCUT2D eigenvalue weighted by molar-refractivity contribution is 9.12. The van der Waals surface area contributed by atoms with Crippen molar-refractivity contribution in [1.82, 2.24) is 9.78 Å². The molecule has 0 aliphatic carbocycles. The normalized spacial score (nSPS) is 12.7. The molecule has 0 aliphatic rings. The number of hydrogen-bond acceptors (Lipinski definition) is 1. The molecule has 2 nitrogen and oxygen atoms in total. The van der Waals surface area contributed by atoms with Gasteiger partial charge < -0.3 is 0 Å². The van der Waals surface area contributed by atoms with Crippen molar-refractivity contribution in [2.45, 2.75) is 4.83 Å². The molecule has 0 N–H and O–H groups in total. The molecule has 1 unspecified atom stereocenters. The number of aromatic nitrogens is 2. The van der Waals surface area contributed by atoms with Crippen LogP contribution in [0.25, 0.3) is 5.69 Å². The fourth-order valence-electron chi connectivity index (χ4n) is 1.31. The average Bonchev–Trinajstić information content (AvgIpc) is 2.78. The molecule has 0 fully saturated rings. The summed E-state index contributed by atoms with van der Waals surface area (Å²) in [5, 5.41) is 5.20. The van der Waals surface area contributed by atoms with Gasteiger partial charge in [-0.3, -0.25) is 0 Å². The van der Waals surface area contributed by atoms with Crippen molar-refractivity contribution in [3.63, 3.8) is 0 Å². The molecule has 1 aromatic carbocycles. The summed E-state index contributed by atoms with van der Waals surface area (Å²) in [4.78, 5) is 0.315. The first-order chi connectivity index (χ1) is 7.31. The van der Waals surface area contributed by atoms with Gasteiger partial charge in [-0.1, -0.05) is 50.1 Å². The zero-order valence-electron chi connectivity index (χ0n) is 7.98. The number of alkyl halides is 2. The predicted molar refractivity (Wildman–Crippen MR) is 69.0 cm³/mol. The van der Waals surface area contributed by atoms with Crippen molar-refractivity contribution in [2.24, 2.45) is 0 Å². The number of rotatable bonds is 3. The van der Waals surface area contributed by atoms with Gasteiger partial charge in [0, 0.05) is 17.1 Å². The second-order valence-corrected chi connectivity index (χ2v) is 4.93. The van der Waals surface area contributed by atoms with Crippen molar-refractivity contribution in [1.29, 1.82) is 0 Å². The van der Waals surface area contributed by atoms with Crippen molar-refractivity contribution in [3.8, 4) is 5.69 Å². The fraction of sp³-hybridized carbons (Fsp3) is 0.182. The van der Waals surface area contributed by atoms with Gasteiger partial charge in [-0.05, 0) is 12.1 Å². The summed E-state index contributed by atoms with van der Waals surface area (Å²) < 4.78 is 1.88. The van der Waals surface area contributed by atoms with Crippen molar-refractivity contribution >= 4 is 31.9 Å². The Morgan fingerprint density at radius 3 is 2.67 bits per heavy atom. The Bertz CT molecular complexity index is 425. The van der Waals surface area contributed by atoms with E-state index in [4.69, 9.17) is 0 Å². The summed E-state index contributed by atoms with van der Waals surface area (Å²) in [5.41, 5.74) is 2.26. The quantitative estimate of drug-likeness (QED) is 0.785. The Balaban J connectivity index is 2.28. The molecule has 2 aromatic rings. The minimum atomic E-state index is 0.315. The van der Waals surface area contributed by atoms with E-state index in [1.807, 2.05) is 47.4 Å². The molecule has 0 amide bonds. The topological polar surface area (TPSA) is 17.8 Å². The van der Waals surface area contributed by atoms with E-state index in [-0.39, 0.29) is 0 Å². The number of para-hydroxylation sites is 1. The Kier molecular flexibility index (Phi) is 3.59. The molecule has 4 heteroatoms. The van der Waals surface area contributed by atoms with E-state index in [1.165, 1.54) is 5.56 Å². The van der Waals surface area contributed by atoms with E-state index in [1.54, 1.807) is 0 Å². The van der Waals surface area contributed by atoms with Crippen LogP contribution in [0, 0.1) is 0 Å². The minimum Gasteiger partial charge on any atom is -0.241 e. The van der Waals surface area contributed by atoms with Crippen LogP contribution in [0.15, 0.2) is 42.7 Å². The SMILES string of the molecule is BrCC(Br)c1cnn(-c2ccccc2)c1. The Labute approximate surface area is 106 Å². The molecule has 2 rings (SSSR count). The minimum absolute atomic E-state index is 0.315. The summed E-state index contributed by atoms with van der Waals surface area (Å²) in [6, 6.07) is 10.1. The summed E-state index contributed by atoms with van der Waals surface area (Å²) in [6.07, 6.45) is 3.92. The number of hydrogen-bond donors (Lipinski definition) is 0. The smallest absolute Gasteiger partial charge is 0.0645 e. The van der Waals surface area contributed by atoms with Crippen LogP contribution in [0.4, 0.5) is 0 Å². The van der Waals surface area contributed by atoms with Gasteiger partial charge in [0.05, 0.1) is 16.7 Å². The lowest BCUT2D eigenvalue weighted by atomic mass is 10.3. The van der Waals surface area contributed by atoms with Crippen molar-refractivity contribution in [3.05, 3.63) is 48.3 Å². The Morgan fingerprint density at radius 2 is 2.00 bits per heavy atom. The van der Waals surface area contributed by atoms with Crippen LogP contribution in [0.3, 0.4) is 0 Å². The molecule has 0 saturated heterocycles. The fourth-order valence-corrected chi connectivity index (χ4v) is 1.92. The molecular weight excluding hydrogens is 320 g/mol. The third-order valence-corrected chi connectivity index (χ3v) is 4.49. The molecular formula is C11H10Br2N2. The third kappa shape index (κ3) is 2.49. The average molecular weight is 330 g/mol. The summed E-state index contributed by atoms with van der Waals surface area (Å²) >= 11 is 7.00. The highest BCUT2D eigenvalue weighted by Crippen LogP contribution is 2.24. The zero-order valence-corrected chi connectivity index (χ0v) is 11.1. The lowest BCUT2D eigenvalue weighted by molar-refractivity contribution is 0.880. The molecule has 0 radical (unpaired) electrons. The molecule has 0 spiro atoms. The van der Waals surface area contributed by atoms with Crippen LogP contribution in [-0.4, -0.2) is 15.1 Å². The molecule has 0 bridgehead atoms. The molecule has 0 saturated carbocycles. The maximum absolute atomic E-state index is 4.32. The van der Waals surface area contributed by atoms with Gasteiger partial charge in [0.15, 0.2) is 0 Å². The van der Waals surface area contributed by atoms with E-state index in [0.717, 1.165) is 11.0 Å². The standard InChI is InChI=1S/C11H10Br2N2/c12-6-11(13)9-7-14-15(8-9)10-4-2-1-3-5-10/h1-5,7-8,11H,6H2. The number of nitrogens with zero attached hydrogens (tertiary/aromatic N) is 2. The Morgan fingerprint density at radius 1 is 1.27 bits per heavy atom. The van der Waals surface area contributed by atoms with Gasteiger partial charge in [-0.2, -0.15) is 5.10 Å². The molecule has 78 valence electrons. The van der Waals surface area contributed by atoms with Crippen molar-refractivity contribution < 1.29 is 0 Å². The van der Waals surface area contributed by atoms with E-state index >= 15 is 0 Å². The van der Waals surface area contributed by atoms with Crippen LogP contribution < -0.4 is 0 Å². The second kappa shape index (κ2) is 4.94. The lowest BCUT2D eigenvalue weighted by Gasteiger charge is -2.01. The first kappa shape index (κ1) is 10.9. The van der Waals surface area contributed by atoms with Crippen LogP contribution in [-0.2, 0) is 0 Å². The maximum Gasteiger partial charge on any atom is 0.0645 e. The largest absolute Gasteiger partial charge is 0.241 e. The van der Waals surface area contributed by atoms with E-state index in [0.29, 0.717) is 4.83 Å². The third-order valence-electron chi connectivity index (χ3n) is 2.12. The van der Waals surface area contributed by atoms with E-state index in [2.05, 4.69) is 37.0 Å². The van der Waals surface area contributed by atoms with Crippen LogP contribution in [0.1, 0.15) is 10.4 Å². The summed E-state index contributed by atoms with van der Waals surface area (Å²) in [6.45, 7) is 0. The van der Waals surface area contributed by atoms with Gasteiger partial charge in [0.1, 0.15) is 0 Å². The highest BCUT2D eigenvalue weighted by atomic mass is 79.9. The van der Waals surface area contributed by atoms with E-state index in [9.17, 15) is 0 Å². The van der Waals surface area contributed by atoms with E-state index < -0.39 is 0 Å². The summed E-state index contributed by atoms with van der Waals surface area (Å²) in [5.74, 6) is 0. The first-order valence-electron chi connectivity index (χ1n) is 4.61. The van der Waals surface area contributed by atoms with Gasteiger partial charge in [0.25, 0.3) is 0 Å². The predicted octanol–water partition coefficient (Wildman–Crippen LogP) is 3.70. The molecule has 1 atom stereocenters. The number of halogens is 2. The summed E-state index contributed by atoms with van der Waals surface area (Å²) in [7, 11) is 0. The monoisotopic (exact) mass is 328 g/mol. The molecule has 15 heavy (non-hydrogen) atoms. The van der Waals surface area contributed by atoms with Crippen LogP contribution in [0.2, 0.25) is 0 Å². The molecule has 1 heterocycles. The second-order valence-electron chi connectivity index (χ2n) is 3.18. The van der Waals surface area contributed by atoms with Gasteiger partial charge in [0.2, 0.25) is 0 Å². The number of benzene rings is 1. The van der Waals surface area contributed by atoms with Gasteiger partial charge >= 0.3 is 0 Å². The van der Waals surface area contributed by atoms with Gasteiger partial charge in [-0.15, -0.1) is 0 Å². The van der Waals surface area contributed by atoms with Crippen LogP contribution in [0.5, 0.6) is 0 Å². The molecule has 1 aromatic heterocycles. The van der Waals surface area contributed by atoms with Gasteiger partial charge in [-0.25, -0.2) is 4.68 Å². The highest BCUT2D eigenvalue weighted by Gasteiger charge is 2.08. The lowest BCUT2D eigenvalue weighted by Crippen LogP contribution is -1.93. The first-order valence-corrected chi connectivity index (χ1v) is 6.65.